The lowest BCUT2D eigenvalue weighted by Gasteiger charge is -2.12. The Bertz CT molecular complexity index is 783. The van der Waals surface area contributed by atoms with Gasteiger partial charge in [0.05, 0.1) is 11.6 Å². The highest BCUT2D eigenvalue weighted by Gasteiger charge is 2.06. The number of hydrogen-bond donors (Lipinski definition) is 1. The van der Waals surface area contributed by atoms with E-state index in [9.17, 15) is 5.11 Å². The topological polar surface area (TPSA) is 42.4 Å². The Morgan fingerprint density at radius 2 is 1.92 bits per heavy atom. The zero-order chi connectivity index (χ0) is 16.8. The van der Waals surface area contributed by atoms with E-state index in [1.165, 1.54) is 0 Å². The summed E-state index contributed by atoms with van der Waals surface area (Å²) in [5, 5.41) is 11.2. The fourth-order valence-corrected chi connectivity index (χ4v) is 2.71. The summed E-state index contributed by atoms with van der Waals surface area (Å²) in [5.41, 5.74) is 3.03. The number of rotatable bonds is 7. The van der Waals surface area contributed by atoms with Crippen molar-refractivity contribution in [3.05, 3.63) is 71.9 Å². The summed E-state index contributed by atoms with van der Waals surface area (Å²) >= 11 is 0. The number of unbranched alkanes of at least 4 members (excludes halogenated alkanes) is 1. The Kier molecular flexibility index (Phi) is 5.44. The molecule has 0 bridgehead atoms. The number of ether oxygens (including phenoxy) is 1. The van der Waals surface area contributed by atoms with Gasteiger partial charge in [0.25, 0.3) is 0 Å². The maximum atomic E-state index is 10.1. The number of fused-ring (bicyclic) bond motifs is 1. The smallest absolute Gasteiger partial charge is 0.120 e. The first-order chi connectivity index (χ1) is 11.8. The van der Waals surface area contributed by atoms with Crippen molar-refractivity contribution in [3.8, 4) is 5.75 Å². The molecule has 1 heterocycles. The second-order valence-electron chi connectivity index (χ2n) is 6.05. The van der Waals surface area contributed by atoms with Gasteiger partial charge in [-0.25, -0.2) is 0 Å². The van der Waals surface area contributed by atoms with Crippen LogP contribution < -0.4 is 4.74 Å². The third-order valence-electron chi connectivity index (χ3n) is 4.18. The van der Waals surface area contributed by atoms with Gasteiger partial charge in [-0.05, 0) is 41.8 Å². The quantitative estimate of drug-likeness (QED) is 0.663. The predicted molar refractivity (Wildman–Crippen MR) is 97.0 cm³/mol. The third kappa shape index (κ3) is 4.12. The predicted octanol–water partition coefficient (Wildman–Crippen LogP) is 5.04. The molecule has 0 saturated carbocycles. The van der Waals surface area contributed by atoms with Crippen LogP contribution in [0.2, 0.25) is 0 Å². The summed E-state index contributed by atoms with van der Waals surface area (Å²) in [7, 11) is 0. The molecule has 1 N–H and O–H groups in total. The van der Waals surface area contributed by atoms with Gasteiger partial charge in [0.15, 0.2) is 0 Å². The van der Waals surface area contributed by atoms with Crippen molar-refractivity contribution >= 4 is 10.9 Å². The highest BCUT2D eigenvalue weighted by Crippen LogP contribution is 2.22. The third-order valence-corrected chi connectivity index (χ3v) is 4.18. The summed E-state index contributed by atoms with van der Waals surface area (Å²) in [6, 6.07) is 17.9. The lowest BCUT2D eigenvalue weighted by molar-refractivity contribution is 0.164. The minimum absolute atomic E-state index is 0.368. The van der Waals surface area contributed by atoms with Crippen molar-refractivity contribution in [2.75, 3.05) is 0 Å². The Morgan fingerprint density at radius 1 is 1.08 bits per heavy atom. The highest BCUT2D eigenvalue weighted by molar-refractivity contribution is 5.79. The first kappa shape index (κ1) is 16.5. The largest absolute Gasteiger partial charge is 0.489 e. The zero-order valence-electron chi connectivity index (χ0n) is 14.0. The van der Waals surface area contributed by atoms with E-state index in [-0.39, 0.29) is 6.10 Å². The van der Waals surface area contributed by atoms with Crippen LogP contribution in [-0.4, -0.2) is 10.1 Å². The number of benzene rings is 2. The maximum Gasteiger partial charge on any atom is 0.120 e. The van der Waals surface area contributed by atoms with Crippen LogP contribution in [0.15, 0.2) is 60.8 Å². The molecule has 0 fully saturated rings. The number of hydrogen-bond acceptors (Lipinski definition) is 3. The lowest BCUT2D eigenvalue weighted by atomic mass is 10.0. The molecule has 124 valence electrons. The minimum Gasteiger partial charge on any atom is -0.489 e. The number of aliphatic hydroxyl groups is 1. The van der Waals surface area contributed by atoms with E-state index < -0.39 is 0 Å². The first-order valence-electron chi connectivity index (χ1n) is 8.51. The van der Waals surface area contributed by atoms with Crippen LogP contribution in [0.1, 0.15) is 43.4 Å². The fourth-order valence-electron chi connectivity index (χ4n) is 2.71. The van der Waals surface area contributed by atoms with Gasteiger partial charge in [-0.1, -0.05) is 50.1 Å². The van der Waals surface area contributed by atoms with E-state index in [1.54, 1.807) is 6.20 Å². The molecule has 2 aromatic carbocycles. The van der Waals surface area contributed by atoms with Crippen LogP contribution in [0.25, 0.3) is 10.9 Å². The number of aromatic nitrogens is 1. The molecule has 24 heavy (non-hydrogen) atoms. The number of nitrogens with zero attached hydrogens (tertiary/aromatic N) is 1. The molecule has 3 nitrogen and oxygen atoms in total. The number of aliphatic hydroxyl groups excluding tert-OH is 1. The summed E-state index contributed by atoms with van der Waals surface area (Å²) in [4.78, 5) is 4.31. The monoisotopic (exact) mass is 321 g/mol. The van der Waals surface area contributed by atoms with E-state index >= 15 is 0 Å². The molecule has 0 saturated heterocycles. The van der Waals surface area contributed by atoms with Gasteiger partial charge in [0.2, 0.25) is 0 Å². The lowest BCUT2D eigenvalue weighted by Crippen LogP contribution is -1.99. The van der Waals surface area contributed by atoms with Crippen LogP contribution >= 0.6 is 0 Å². The molecule has 0 aliphatic heterocycles. The first-order valence-corrected chi connectivity index (χ1v) is 8.51. The van der Waals surface area contributed by atoms with Crippen LogP contribution in [0.5, 0.6) is 5.75 Å². The van der Waals surface area contributed by atoms with Crippen LogP contribution in [-0.2, 0) is 6.61 Å². The molecule has 3 rings (SSSR count). The van der Waals surface area contributed by atoms with Crippen LogP contribution in [0.3, 0.4) is 0 Å². The second-order valence-corrected chi connectivity index (χ2v) is 6.05. The van der Waals surface area contributed by atoms with E-state index in [0.29, 0.717) is 6.61 Å². The Morgan fingerprint density at radius 3 is 2.71 bits per heavy atom. The van der Waals surface area contributed by atoms with Gasteiger partial charge >= 0.3 is 0 Å². The van der Waals surface area contributed by atoms with Crippen molar-refractivity contribution in [2.24, 2.45) is 0 Å². The Labute approximate surface area is 142 Å². The number of pyridine rings is 1. The molecule has 1 aromatic heterocycles. The second kappa shape index (κ2) is 7.93. The zero-order valence-corrected chi connectivity index (χ0v) is 14.0. The summed E-state index contributed by atoms with van der Waals surface area (Å²) in [5.74, 6) is 0.836. The van der Waals surface area contributed by atoms with E-state index in [1.807, 2.05) is 54.6 Å². The molecule has 1 atom stereocenters. The summed E-state index contributed by atoms with van der Waals surface area (Å²) in [6.07, 6.45) is 4.39. The Balaban J connectivity index is 1.61. The van der Waals surface area contributed by atoms with Crippen molar-refractivity contribution in [3.63, 3.8) is 0 Å². The van der Waals surface area contributed by atoms with Gasteiger partial charge in [-0.3, -0.25) is 4.98 Å². The molecule has 3 heteroatoms. The van der Waals surface area contributed by atoms with Gasteiger partial charge in [0, 0.05) is 11.6 Å². The van der Waals surface area contributed by atoms with Gasteiger partial charge < -0.3 is 9.84 Å². The summed E-state index contributed by atoms with van der Waals surface area (Å²) in [6.45, 7) is 2.65. The van der Waals surface area contributed by atoms with Crippen molar-refractivity contribution in [1.82, 2.24) is 4.98 Å². The Hall–Kier alpha value is -2.39. The van der Waals surface area contributed by atoms with Crippen molar-refractivity contribution in [2.45, 2.75) is 38.9 Å². The van der Waals surface area contributed by atoms with Crippen molar-refractivity contribution < 1.29 is 9.84 Å². The van der Waals surface area contributed by atoms with Gasteiger partial charge in [0.1, 0.15) is 12.4 Å². The normalized spacial score (nSPS) is 12.2. The van der Waals surface area contributed by atoms with Crippen LogP contribution in [0.4, 0.5) is 0 Å². The molecule has 0 aliphatic carbocycles. The molecular weight excluding hydrogens is 298 g/mol. The molecular formula is C21H23NO2. The van der Waals surface area contributed by atoms with Crippen molar-refractivity contribution in [1.29, 1.82) is 0 Å². The highest BCUT2D eigenvalue weighted by atomic mass is 16.5. The SMILES string of the molecule is CCCCC(O)c1ccc(COc2ccc3ncccc3c2)cc1. The maximum absolute atomic E-state index is 10.1. The molecule has 0 spiro atoms. The summed E-state index contributed by atoms with van der Waals surface area (Å²) < 4.78 is 5.88. The molecule has 3 aromatic rings. The fraction of sp³-hybridized carbons (Fsp3) is 0.286. The molecule has 0 radical (unpaired) electrons. The molecule has 1 unspecified atom stereocenters. The average Bonchev–Trinajstić information content (AvgIpc) is 2.64. The van der Waals surface area contributed by atoms with Crippen LogP contribution in [0, 0.1) is 0 Å². The standard InChI is InChI=1S/C21H23NO2/c1-2-3-6-21(23)17-9-7-16(8-10-17)15-24-19-11-12-20-18(14-19)5-4-13-22-20/h4-5,7-14,21,23H,2-3,6,15H2,1H3. The van der Waals surface area contributed by atoms with Gasteiger partial charge in [-0.2, -0.15) is 0 Å². The molecule has 0 amide bonds. The van der Waals surface area contributed by atoms with E-state index in [2.05, 4.69) is 11.9 Å². The van der Waals surface area contributed by atoms with E-state index in [0.717, 1.165) is 47.0 Å². The molecule has 0 aliphatic rings. The van der Waals surface area contributed by atoms with Gasteiger partial charge in [-0.15, -0.1) is 0 Å². The van der Waals surface area contributed by atoms with E-state index in [4.69, 9.17) is 4.74 Å². The minimum atomic E-state index is -0.368. The average molecular weight is 321 g/mol.